The Kier molecular flexibility index (Phi) is 5.61. The molecule has 9 heteroatoms. The van der Waals surface area contributed by atoms with Crippen LogP contribution in [0.4, 0.5) is 0 Å². The second kappa shape index (κ2) is 7.16. The zero-order valence-electron chi connectivity index (χ0n) is 13.4. The molecule has 1 heterocycles. The monoisotopic (exact) mass is 360 g/mol. The predicted octanol–water partition coefficient (Wildman–Crippen LogP) is 0.0986. The van der Waals surface area contributed by atoms with Gasteiger partial charge in [-0.3, -0.25) is 8.98 Å². The molecule has 24 heavy (non-hydrogen) atoms. The fraction of sp³-hybridized carbons (Fsp3) is 0.533. The quantitative estimate of drug-likeness (QED) is 0.573. The average molecular weight is 360 g/mol. The molecule has 1 aliphatic heterocycles. The van der Waals surface area contributed by atoms with Gasteiger partial charge in [0.05, 0.1) is 11.0 Å². The van der Waals surface area contributed by atoms with Crippen molar-refractivity contribution in [2.45, 2.75) is 56.4 Å². The summed E-state index contributed by atoms with van der Waals surface area (Å²) < 4.78 is 39.8. The zero-order valence-corrected chi connectivity index (χ0v) is 14.3. The molecule has 1 saturated heterocycles. The van der Waals surface area contributed by atoms with Gasteiger partial charge in [-0.25, -0.2) is 0 Å². The van der Waals surface area contributed by atoms with E-state index in [4.69, 9.17) is 13.7 Å². The smallest absolute Gasteiger partial charge is 0.303 e. The van der Waals surface area contributed by atoms with E-state index < -0.39 is 46.8 Å². The van der Waals surface area contributed by atoms with Crippen molar-refractivity contribution in [2.75, 3.05) is 0 Å². The van der Waals surface area contributed by atoms with Crippen LogP contribution in [0.2, 0.25) is 0 Å². The number of ether oxygens (including phenoxy) is 2. The molecule has 5 atom stereocenters. The summed E-state index contributed by atoms with van der Waals surface area (Å²) >= 11 is 0. The maximum atomic E-state index is 12.4. The first-order valence-corrected chi connectivity index (χ1v) is 8.71. The van der Waals surface area contributed by atoms with Crippen LogP contribution in [-0.2, 0) is 28.6 Å². The van der Waals surface area contributed by atoms with Gasteiger partial charge in [0.25, 0.3) is 10.1 Å². The summed E-state index contributed by atoms with van der Waals surface area (Å²) in [4.78, 5) is 11.1. The number of rotatable bonds is 4. The molecule has 1 aromatic carbocycles. The maximum absolute atomic E-state index is 12.4. The van der Waals surface area contributed by atoms with Crippen molar-refractivity contribution in [3.63, 3.8) is 0 Å². The number of hydrogen-bond donors (Lipinski definition) is 2. The topological polar surface area (TPSA) is 119 Å². The number of aryl methyl sites for hydroxylation is 1. The fourth-order valence-corrected chi connectivity index (χ4v) is 3.43. The molecule has 1 aliphatic rings. The summed E-state index contributed by atoms with van der Waals surface area (Å²) in [7, 11) is -4.24. The Morgan fingerprint density at radius 2 is 1.75 bits per heavy atom. The van der Waals surface area contributed by atoms with Gasteiger partial charge in [-0.15, -0.1) is 0 Å². The lowest BCUT2D eigenvalue weighted by molar-refractivity contribution is -0.277. The molecular formula is C15H20O8S. The van der Waals surface area contributed by atoms with Gasteiger partial charge in [0, 0.05) is 6.92 Å². The summed E-state index contributed by atoms with van der Waals surface area (Å²) in [6.45, 7) is 4.32. The van der Waals surface area contributed by atoms with Crippen LogP contribution in [0.5, 0.6) is 0 Å². The lowest BCUT2D eigenvalue weighted by atomic mass is 10.00. The molecular weight excluding hydrogens is 340 g/mol. The van der Waals surface area contributed by atoms with Crippen molar-refractivity contribution >= 4 is 16.1 Å². The van der Waals surface area contributed by atoms with Crippen LogP contribution in [0.25, 0.3) is 0 Å². The van der Waals surface area contributed by atoms with Crippen LogP contribution in [0.1, 0.15) is 19.4 Å². The number of benzene rings is 1. The van der Waals surface area contributed by atoms with Crippen LogP contribution in [0.15, 0.2) is 29.2 Å². The molecule has 0 saturated carbocycles. The Morgan fingerprint density at radius 3 is 2.29 bits per heavy atom. The second-order valence-electron chi connectivity index (χ2n) is 5.62. The highest BCUT2D eigenvalue weighted by Gasteiger charge is 2.48. The van der Waals surface area contributed by atoms with Gasteiger partial charge in [0.2, 0.25) is 0 Å². The Labute approximate surface area is 140 Å². The van der Waals surface area contributed by atoms with E-state index in [0.29, 0.717) is 0 Å². The molecule has 2 N–H and O–H groups in total. The molecule has 134 valence electrons. The Balaban J connectivity index is 2.30. The molecule has 2 rings (SSSR count). The third kappa shape index (κ3) is 4.11. The minimum atomic E-state index is -4.24. The second-order valence-corrected chi connectivity index (χ2v) is 7.20. The van der Waals surface area contributed by atoms with Crippen molar-refractivity contribution in [3.8, 4) is 0 Å². The molecule has 1 fully saturated rings. The summed E-state index contributed by atoms with van der Waals surface area (Å²) in [5.41, 5.74) is 0.863. The van der Waals surface area contributed by atoms with Gasteiger partial charge in [-0.2, -0.15) is 8.42 Å². The van der Waals surface area contributed by atoms with E-state index in [1.54, 1.807) is 19.1 Å². The van der Waals surface area contributed by atoms with E-state index in [-0.39, 0.29) is 4.90 Å². The SMILES string of the molecule is CC(=O)O[C@@H]1[C@H](OS(=O)(=O)c2ccc(C)cc2)[C@@H](O)[C@@H](C)O[C@H]1O. The van der Waals surface area contributed by atoms with Crippen molar-refractivity contribution in [2.24, 2.45) is 0 Å². The molecule has 0 bridgehead atoms. The van der Waals surface area contributed by atoms with Gasteiger partial charge in [0.1, 0.15) is 12.2 Å². The molecule has 0 spiro atoms. The van der Waals surface area contributed by atoms with E-state index in [1.807, 2.05) is 0 Å². The Bertz CT molecular complexity index is 684. The molecule has 0 aliphatic carbocycles. The number of aliphatic hydroxyl groups is 2. The number of aliphatic hydroxyl groups excluding tert-OH is 2. The summed E-state index contributed by atoms with van der Waals surface area (Å²) in [6, 6.07) is 5.91. The minimum absolute atomic E-state index is 0.115. The zero-order chi connectivity index (χ0) is 18.1. The first kappa shape index (κ1) is 18.8. The lowest BCUT2D eigenvalue weighted by Gasteiger charge is -2.40. The van der Waals surface area contributed by atoms with Crippen LogP contribution >= 0.6 is 0 Å². The average Bonchev–Trinajstić information content (AvgIpc) is 2.48. The first-order chi connectivity index (χ1) is 11.1. The lowest BCUT2D eigenvalue weighted by Crippen LogP contribution is -2.59. The van der Waals surface area contributed by atoms with Crippen LogP contribution < -0.4 is 0 Å². The first-order valence-electron chi connectivity index (χ1n) is 7.30. The van der Waals surface area contributed by atoms with E-state index >= 15 is 0 Å². The normalized spacial score (nSPS) is 30.8. The standard InChI is InChI=1S/C15H20O8S/c1-8-4-6-11(7-5-8)24(19,20)23-13-12(17)9(2)21-15(18)14(13)22-10(3)16/h4-7,9,12-15,17-18H,1-3H3/t9-,12+,13-,14-,15-/m1/s1. The van der Waals surface area contributed by atoms with E-state index in [9.17, 15) is 23.4 Å². The highest BCUT2D eigenvalue weighted by Crippen LogP contribution is 2.28. The molecule has 0 amide bonds. The summed E-state index contributed by atoms with van der Waals surface area (Å²) in [5.74, 6) is -0.772. The van der Waals surface area contributed by atoms with Crippen LogP contribution in [-0.4, -0.2) is 55.3 Å². The molecule has 8 nitrogen and oxygen atoms in total. The largest absolute Gasteiger partial charge is 0.454 e. The number of hydrogen-bond acceptors (Lipinski definition) is 8. The van der Waals surface area contributed by atoms with E-state index in [1.165, 1.54) is 19.1 Å². The molecule has 1 aromatic rings. The summed E-state index contributed by atoms with van der Waals surface area (Å²) in [6.07, 6.45) is -6.93. The van der Waals surface area contributed by atoms with Crippen molar-refractivity contribution < 1.29 is 37.1 Å². The van der Waals surface area contributed by atoms with Crippen molar-refractivity contribution in [1.82, 2.24) is 0 Å². The van der Waals surface area contributed by atoms with Crippen LogP contribution in [0, 0.1) is 6.92 Å². The predicted molar refractivity (Wildman–Crippen MR) is 81.4 cm³/mol. The van der Waals surface area contributed by atoms with Crippen molar-refractivity contribution in [3.05, 3.63) is 29.8 Å². The number of esters is 1. The summed E-state index contributed by atoms with van der Waals surface area (Å²) in [5, 5.41) is 20.1. The van der Waals surface area contributed by atoms with Crippen molar-refractivity contribution in [1.29, 1.82) is 0 Å². The van der Waals surface area contributed by atoms with Gasteiger partial charge in [-0.1, -0.05) is 17.7 Å². The number of carbonyl (C=O) groups is 1. The van der Waals surface area contributed by atoms with Gasteiger partial charge >= 0.3 is 5.97 Å². The van der Waals surface area contributed by atoms with Crippen LogP contribution in [0.3, 0.4) is 0 Å². The highest BCUT2D eigenvalue weighted by atomic mass is 32.2. The van der Waals surface area contributed by atoms with Gasteiger partial charge < -0.3 is 19.7 Å². The van der Waals surface area contributed by atoms with Gasteiger partial charge in [0.15, 0.2) is 12.4 Å². The number of carbonyl (C=O) groups excluding carboxylic acids is 1. The Morgan fingerprint density at radius 1 is 1.17 bits per heavy atom. The fourth-order valence-electron chi connectivity index (χ4n) is 2.34. The molecule has 0 unspecified atom stereocenters. The third-order valence-corrected chi connectivity index (χ3v) is 4.95. The van der Waals surface area contributed by atoms with E-state index in [2.05, 4.69) is 0 Å². The third-order valence-electron chi connectivity index (χ3n) is 3.63. The molecule has 0 radical (unpaired) electrons. The minimum Gasteiger partial charge on any atom is -0.454 e. The van der Waals surface area contributed by atoms with E-state index in [0.717, 1.165) is 12.5 Å². The maximum Gasteiger partial charge on any atom is 0.303 e. The highest BCUT2D eigenvalue weighted by molar-refractivity contribution is 7.86. The Hall–Kier alpha value is -1.52. The van der Waals surface area contributed by atoms with Gasteiger partial charge in [-0.05, 0) is 26.0 Å². The molecule has 0 aromatic heterocycles.